The van der Waals surface area contributed by atoms with Gasteiger partial charge in [-0.2, -0.15) is 0 Å². The molecule has 2 aliphatic heterocycles. The highest BCUT2D eigenvalue weighted by molar-refractivity contribution is 6.04. The minimum absolute atomic E-state index is 0.00465. The van der Waals surface area contributed by atoms with Crippen molar-refractivity contribution in [1.82, 2.24) is 15.0 Å². The SMILES string of the molecule is COc1cc(NC(=O)N2c3nc(-c4cccc(CC(O)CO)c4)ccc3N3CC[C@H]2C3)ncn1. The van der Waals surface area contributed by atoms with Gasteiger partial charge in [-0.3, -0.25) is 10.2 Å². The molecule has 3 N–H and O–H groups in total. The lowest BCUT2D eigenvalue weighted by molar-refractivity contribution is 0.0955. The number of aliphatic hydroxyl groups excluding tert-OH is 2. The number of nitrogens with one attached hydrogen (secondary N) is 1. The molecule has 0 aliphatic carbocycles. The number of amides is 2. The average molecular weight is 463 g/mol. The maximum absolute atomic E-state index is 13.4. The number of benzene rings is 1. The molecule has 2 aliphatic rings. The van der Waals surface area contributed by atoms with Crippen LogP contribution in [0, 0.1) is 0 Å². The standard InChI is InChI=1S/C24H26N6O4/c1-34-22-11-21(25-14-26-22)28-24(33)30-17-7-8-29(12-17)20-6-5-19(27-23(20)30)16-4-2-3-15(9-16)10-18(32)13-31/h2-6,9,11,14,17-18,31-32H,7-8,10,12-13H2,1H3,(H,25,26,28,33)/t17-,18?/m0/s1. The predicted molar refractivity (Wildman–Crippen MR) is 127 cm³/mol. The van der Waals surface area contributed by atoms with Gasteiger partial charge in [0, 0.05) is 31.1 Å². The van der Waals surface area contributed by atoms with Gasteiger partial charge in [-0.15, -0.1) is 0 Å². The van der Waals surface area contributed by atoms with E-state index in [1.165, 1.54) is 13.4 Å². The number of hydrogen-bond donors (Lipinski definition) is 3. The van der Waals surface area contributed by atoms with E-state index in [1.54, 1.807) is 11.0 Å². The summed E-state index contributed by atoms with van der Waals surface area (Å²) in [7, 11) is 1.51. The number of anilines is 3. The molecule has 5 rings (SSSR count). The molecule has 4 heterocycles. The Morgan fingerprint density at radius 1 is 1.26 bits per heavy atom. The maximum atomic E-state index is 13.4. The number of rotatable bonds is 6. The second-order valence-corrected chi connectivity index (χ2v) is 8.41. The molecule has 0 spiro atoms. The highest BCUT2D eigenvalue weighted by Gasteiger charge is 2.40. The number of aliphatic hydroxyl groups is 2. The van der Waals surface area contributed by atoms with Crippen molar-refractivity contribution < 1.29 is 19.7 Å². The molecule has 3 aromatic rings. The quantitative estimate of drug-likeness (QED) is 0.509. The van der Waals surface area contributed by atoms with Gasteiger partial charge in [0.2, 0.25) is 5.88 Å². The number of carbonyl (C=O) groups excluding carboxylic acids is 1. The lowest BCUT2D eigenvalue weighted by atomic mass is 10.0. The fraction of sp³-hybridized carbons (Fsp3) is 0.333. The lowest BCUT2D eigenvalue weighted by Crippen LogP contribution is -2.48. The Morgan fingerprint density at radius 2 is 2.15 bits per heavy atom. The molecule has 2 aromatic heterocycles. The van der Waals surface area contributed by atoms with Crippen LogP contribution in [0.2, 0.25) is 0 Å². The molecule has 176 valence electrons. The van der Waals surface area contributed by atoms with Crippen molar-refractivity contribution in [3.05, 3.63) is 54.4 Å². The van der Waals surface area contributed by atoms with Crippen LogP contribution in [-0.4, -0.2) is 70.1 Å². The fourth-order valence-corrected chi connectivity index (χ4v) is 4.52. The topological polar surface area (TPSA) is 124 Å². The Kier molecular flexibility index (Phi) is 5.99. The van der Waals surface area contributed by atoms with E-state index in [4.69, 9.17) is 14.8 Å². The minimum atomic E-state index is -0.810. The molecule has 34 heavy (non-hydrogen) atoms. The molecule has 10 nitrogen and oxygen atoms in total. The second kappa shape index (κ2) is 9.24. The number of aromatic nitrogens is 3. The zero-order valence-electron chi connectivity index (χ0n) is 18.8. The molecular weight excluding hydrogens is 436 g/mol. The summed E-state index contributed by atoms with van der Waals surface area (Å²) < 4.78 is 5.13. The van der Waals surface area contributed by atoms with E-state index < -0.39 is 6.10 Å². The maximum Gasteiger partial charge on any atom is 0.329 e. The van der Waals surface area contributed by atoms with Gasteiger partial charge in [0.25, 0.3) is 0 Å². The van der Waals surface area contributed by atoms with Gasteiger partial charge >= 0.3 is 6.03 Å². The van der Waals surface area contributed by atoms with Crippen molar-refractivity contribution in [2.24, 2.45) is 0 Å². The summed E-state index contributed by atoms with van der Waals surface area (Å²) in [4.78, 5) is 30.4. The Balaban J connectivity index is 1.47. The molecule has 0 radical (unpaired) electrons. The minimum Gasteiger partial charge on any atom is -0.481 e. The lowest BCUT2D eigenvalue weighted by Gasteiger charge is -2.35. The van der Waals surface area contributed by atoms with E-state index in [1.807, 2.05) is 36.4 Å². The number of nitrogens with zero attached hydrogens (tertiary/aromatic N) is 5. The third kappa shape index (κ3) is 4.25. The van der Waals surface area contributed by atoms with E-state index in [0.29, 0.717) is 23.9 Å². The van der Waals surface area contributed by atoms with Crippen LogP contribution in [0.25, 0.3) is 11.3 Å². The Bertz CT molecular complexity index is 1210. The summed E-state index contributed by atoms with van der Waals surface area (Å²) in [5.74, 6) is 1.32. The zero-order valence-corrected chi connectivity index (χ0v) is 18.8. The van der Waals surface area contributed by atoms with Gasteiger partial charge in [0.1, 0.15) is 12.1 Å². The largest absolute Gasteiger partial charge is 0.481 e. The van der Waals surface area contributed by atoms with Gasteiger partial charge in [-0.05, 0) is 30.2 Å². The van der Waals surface area contributed by atoms with Crippen LogP contribution in [-0.2, 0) is 6.42 Å². The monoisotopic (exact) mass is 462 g/mol. The highest BCUT2D eigenvalue weighted by Crippen LogP contribution is 2.40. The first-order valence-corrected chi connectivity index (χ1v) is 11.2. The number of fused-ring (bicyclic) bond motifs is 4. The number of methoxy groups -OCH3 is 1. The van der Waals surface area contributed by atoms with Gasteiger partial charge in [-0.25, -0.2) is 19.7 Å². The normalized spacial score (nSPS) is 17.3. The number of pyridine rings is 1. The van der Waals surface area contributed by atoms with E-state index in [9.17, 15) is 9.90 Å². The van der Waals surface area contributed by atoms with E-state index in [2.05, 4.69) is 20.2 Å². The van der Waals surface area contributed by atoms with Crippen molar-refractivity contribution in [3.63, 3.8) is 0 Å². The van der Waals surface area contributed by atoms with Crippen LogP contribution in [0.1, 0.15) is 12.0 Å². The molecule has 0 saturated carbocycles. The Labute approximate surface area is 196 Å². The van der Waals surface area contributed by atoms with Crippen LogP contribution in [0.15, 0.2) is 48.8 Å². The molecule has 2 atom stereocenters. The summed E-state index contributed by atoms with van der Waals surface area (Å²) in [6.07, 6.45) is 1.73. The van der Waals surface area contributed by atoms with Crippen LogP contribution >= 0.6 is 0 Å². The number of ether oxygens (including phenoxy) is 1. The van der Waals surface area contributed by atoms with E-state index >= 15 is 0 Å². The predicted octanol–water partition coefficient (Wildman–Crippen LogP) is 2.07. The number of carbonyl (C=O) groups is 1. The number of urea groups is 1. The van der Waals surface area contributed by atoms with Crippen LogP contribution < -0.4 is 19.9 Å². The van der Waals surface area contributed by atoms with Crippen molar-refractivity contribution in [3.8, 4) is 17.1 Å². The van der Waals surface area contributed by atoms with Crippen molar-refractivity contribution in [1.29, 1.82) is 0 Å². The average Bonchev–Trinajstić information content (AvgIpc) is 3.28. The van der Waals surface area contributed by atoms with Gasteiger partial charge in [-0.1, -0.05) is 18.2 Å². The highest BCUT2D eigenvalue weighted by atomic mass is 16.5. The smallest absolute Gasteiger partial charge is 0.329 e. The van der Waals surface area contributed by atoms with Gasteiger partial charge in [0.05, 0.1) is 37.2 Å². The zero-order chi connectivity index (χ0) is 23.7. The molecule has 1 saturated heterocycles. The summed E-state index contributed by atoms with van der Waals surface area (Å²) in [6.45, 7) is 1.32. The summed E-state index contributed by atoms with van der Waals surface area (Å²) >= 11 is 0. The van der Waals surface area contributed by atoms with E-state index in [-0.39, 0.29) is 18.7 Å². The van der Waals surface area contributed by atoms with Crippen molar-refractivity contribution in [2.45, 2.75) is 25.0 Å². The molecule has 1 fully saturated rings. The van der Waals surface area contributed by atoms with Gasteiger partial charge < -0.3 is 19.8 Å². The van der Waals surface area contributed by atoms with Crippen LogP contribution in [0.4, 0.5) is 22.1 Å². The third-order valence-corrected chi connectivity index (χ3v) is 6.16. The first kappa shape index (κ1) is 22.1. The first-order valence-electron chi connectivity index (χ1n) is 11.2. The van der Waals surface area contributed by atoms with Crippen molar-refractivity contribution in [2.75, 3.05) is 41.9 Å². The summed E-state index contributed by atoms with van der Waals surface area (Å²) in [5, 5.41) is 21.8. The fourth-order valence-electron chi connectivity index (χ4n) is 4.52. The Hall–Kier alpha value is -3.76. The molecule has 1 aromatic carbocycles. The van der Waals surface area contributed by atoms with Crippen LogP contribution in [0.5, 0.6) is 5.88 Å². The van der Waals surface area contributed by atoms with Gasteiger partial charge in [0.15, 0.2) is 5.82 Å². The summed E-state index contributed by atoms with van der Waals surface area (Å²) in [6, 6.07) is 12.9. The molecule has 10 heteroatoms. The molecular formula is C24H26N6O4. The van der Waals surface area contributed by atoms with E-state index in [0.717, 1.165) is 42.0 Å². The summed E-state index contributed by atoms with van der Waals surface area (Å²) in [5.41, 5.74) is 3.41. The number of hydrogen-bond acceptors (Lipinski definition) is 8. The molecule has 2 amide bonds. The van der Waals surface area contributed by atoms with Crippen molar-refractivity contribution >= 4 is 23.4 Å². The second-order valence-electron chi connectivity index (χ2n) is 8.41. The first-order chi connectivity index (χ1) is 16.6. The molecule has 1 unspecified atom stereocenters. The van der Waals surface area contributed by atoms with Crippen LogP contribution in [0.3, 0.4) is 0 Å². The Morgan fingerprint density at radius 3 is 2.97 bits per heavy atom. The molecule has 2 bridgehead atoms. The third-order valence-electron chi connectivity index (χ3n) is 6.16.